The Morgan fingerprint density at radius 3 is 1.03 bits per heavy atom. The molecule has 3 aliphatic rings. The normalized spacial score (nSPS) is 26.0. The molecule has 0 bridgehead atoms. The van der Waals surface area contributed by atoms with Crippen LogP contribution in [-0.2, 0) is 33.2 Å². The molecule has 3 fully saturated rings. The maximum absolute atomic E-state index is 13.5. The Kier molecular flexibility index (Phi) is 61.8. The average Bonchev–Trinajstić information content (AvgIpc) is 0.782. The van der Waals surface area contributed by atoms with Gasteiger partial charge in [-0.1, -0.05) is 307 Å². The Balaban J connectivity index is 1.39. The number of hydrogen-bond acceptors (Lipinski definition) is 18. The second kappa shape index (κ2) is 68.1. The molecule has 0 saturated carbocycles. The van der Waals surface area contributed by atoms with Gasteiger partial charge in [0.05, 0.1) is 38.6 Å². The molecule has 17 atom stereocenters. The van der Waals surface area contributed by atoms with Crippen LogP contribution in [-0.4, -0.2) is 193 Å². The first kappa shape index (κ1) is 98.9. The third-order valence-electron chi connectivity index (χ3n) is 20.1. The predicted molar refractivity (Wildman–Crippen MR) is 438 cm³/mol. The quantitative estimate of drug-likeness (QED) is 0.0199. The number of aliphatic hydroxyl groups is 11. The van der Waals surface area contributed by atoms with Crippen LogP contribution in [0, 0.1) is 0 Å². The van der Waals surface area contributed by atoms with Gasteiger partial charge < -0.3 is 89.9 Å². The van der Waals surface area contributed by atoms with Gasteiger partial charge in [0.2, 0.25) is 5.91 Å². The number of aliphatic hydroxyl groups excluding tert-OH is 11. The molecule has 0 aliphatic carbocycles. The van der Waals surface area contributed by atoms with Crippen molar-refractivity contribution in [3.63, 3.8) is 0 Å². The fourth-order valence-corrected chi connectivity index (χ4v) is 13.3. The van der Waals surface area contributed by atoms with Gasteiger partial charge >= 0.3 is 0 Å². The summed E-state index contributed by atoms with van der Waals surface area (Å²) in [6.07, 6.45) is 72.7. The summed E-state index contributed by atoms with van der Waals surface area (Å²) in [4.78, 5) is 13.5. The molecule has 1 amide bonds. The molecule has 109 heavy (non-hydrogen) atoms. The first-order valence-electron chi connectivity index (χ1n) is 42.6. The molecule has 0 aromatic rings. The van der Waals surface area contributed by atoms with E-state index in [1.807, 2.05) is 6.08 Å². The van der Waals surface area contributed by atoms with E-state index in [2.05, 4.69) is 153 Å². The van der Waals surface area contributed by atoms with Crippen molar-refractivity contribution in [3.8, 4) is 0 Å². The second-order valence-corrected chi connectivity index (χ2v) is 29.5. The summed E-state index contributed by atoms with van der Waals surface area (Å²) in [6.45, 7) is 1.59. The van der Waals surface area contributed by atoms with Crippen LogP contribution in [0.5, 0.6) is 0 Å². The highest BCUT2D eigenvalue weighted by Crippen LogP contribution is 2.33. The van der Waals surface area contributed by atoms with E-state index < -0.39 is 124 Å². The van der Waals surface area contributed by atoms with Crippen molar-refractivity contribution in [2.45, 2.75) is 388 Å². The Morgan fingerprint density at radius 2 is 0.642 bits per heavy atom. The lowest BCUT2D eigenvalue weighted by molar-refractivity contribution is -0.379. The van der Waals surface area contributed by atoms with Crippen LogP contribution in [0.2, 0.25) is 0 Å². The van der Waals surface area contributed by atoms with Crippen molar-refractivity contribution in [1.82, 2.24) is 5.32 Å². The zero-order chi connectivity index (χ0) is 78.8. The highest BCUT2D eigenvalue weighted by molar-refractivity contribution is 5.76. The molecule has 3 heterocycles. The highest BCUT2D eigenvalue weighted by Gasteiger charge is 2.54. The van der Waals surface area contributed by atoms with Gasteiger partial charge in [0.15, 0.2) is 18.9 Å². The van der Waals surface area contributed by atoms with E-state index in [1.165, 1.54) is 135 Å². The van der Waals surface area contributed by atoms with Gasteiger partial charge in [0.1, 0.15) is 73.2 Å². The molecule has 17 unspecified atom stereocenters. The van der Waals surface area contributed by atoms with Gasteiger partial charge in [-0.05, 0) is 116 Å². The van der Waals surface area contributed by atoms with E-state index in [0.717, 1.165) is 116 Å². The highest BCUT2D eigenvalue weighted by atomic mass is 16.8. The number of amides is 1. The summed E-state index contributed by atoms with van der Waals surface area (Å²) in [6, 6.07) is -1.02. The van der Waals surface area contributed by atoms with Crippen molar-refractivity contribution in [1.29, 1.82) is 0 Å². The molecular formula is C90H151NO18. The largest absolute Gasteiger partial charge is 0.394 e. The molecular weight excluding hydrogens is 1380 g/mol. The van der Waals surface area contributed by atoms with Crippen LogP contribution in [0.1, 0.15) is 284 Å². The third-order valence-corrected chi connectivity index (χ3v) is 20.1. The topological polar surface area (TPSA) is 307 Å². The van der Waals surface area contributed by atoms with Gasteiger partial charge in [0.25, 0.3) is 0 Å². The molecule has 0 radical (unpaired) electrons. The molecule has 12 N–H and O–H groups in total. The molecule has 0 aromatic carbocycles. The Bertz CT molecular complexity index is 2540. The van der Waals surface area contributed by atoms with E-state index in [1.54, 1.807) is 6.08 Å². The molecule has 3 rings (SSSR count). The fourth-order valence-electron chi connectivity index (χ4n) is 13.3. The lowest BCUT2D eigenvalue weighted by atomic mass is 9.96. The van der Waals surface area contributed by atoms with Gasteiger partial charge in [0, 0.05) is 6.42 Å². The standard InChI is InChI=1S/C90H151NO18/c1-3-5-7-9-11-13-15-17-19-21-23-25-27-29-31-33-35-36-38-40-42-44-46-48-50-52-54-56-58-60-62-64-66-68-78(96)91-73(74(95)67-65-63-61-59-57-55-53-51-49-47-45-43-41-39-37-34-32-30-28-26-24-22-20-18-16-14-12-10-8-6-4-2)72-104-88-84(102)81(99)86(76(70-93)106-88)109-90-85(103)82(100)87(77(71-94)107-90)108-89-83(101)80(98)79(97)75(69-92)105-89/h5,7,11,13,17,19,23,25,29,31,35-36,40,42,46,48-49,51-52,54,57,59,65,67,73-77,79-90,92-95,97-103H,3-4,6,8-10,12,14-16,18,20-22,24,26-28,30,32-34,37-39,41,43-45,47,50,53,55-56,58,60-64,66,68-72H2,1-2H3,(H,91,96)/b7-5-,13-11-,19-17-,25-23-,31-29-,36-35-,42-40-,48-46-,51-49+,54-52-,59-57+,67-65+. The van der Waals surface area contributed by atoms with Gasteiger partial charge in [-0.3, -0.25) is 4.79 Å². The Hall–Kier alpha value is -4.33. The third kappa shape index (κ3) is 47.2. The molecule has 0 aromatic heterocycles. The first-order chi connectivity index (χ1) is 53.3. The molecule has 0 spiro atoms. The monoisotopic (exact) mass is 1530 g/mol. The van der Waals surface area contributed by atoms with Crippen molar-refractivity contribution in [2.24, 2.45) is 0 Å². The fraction of sp³-hybridized carbons (Fsp3) is 0.722. The Labute approximate surface area is 657 Å². The van der Waals surface area contributed by atoms with E-state index in [-0.39, 0.29) is 18.9 Å². The number of unbranched alkanes of at least 4 members (excludes halogenated alkanes) is 28. The number of carbonyl (C=O) groups is 1. The summed E-state index contributed by atoms with van der Waals surface area (Å²) < 4.78 is 34.4. The maximum Gasteiger partial charge on any atom is 0.220 e. The van der Waals surface area contributed by atoms with E-state index >= 15 is 0 Å². The smallest absolute Gasteiger partial charge is 0.220 e. The van der Waals surface area contributed by atoms with Gasteiger partial charge in [-0.15, -0.1) is 0 Å². The summed E-state index contributed by atoms with van der Waals surface area (Å²) >= 11 is 0. The number of carbonyl (C=O) groups excluding carboxylic acids is 1. The Morgan fingerprint density at radius 1 is 0.339 bits per heavy atom. The minimum atomic E-state index is -1.99. The van der Waals surface area contributed by atoms with Crippen molar-refractivity contribution in [3.05, 3.63) is 146 Å². The summed E-state index contributed by atoms with van der Waals surface area (Å²) in [5.74, 6) is -0.313. The van der Waals surface area contributed by atoms with Crippen molar-refractivity contribution < 1.29 is 89.4 Å². The van der Waals surface area contributed by atoms with Crippen LogP contribution in [0.4, 0.5) is 0 Å². The zero-order valence-electron chi connectivity index (χ0n) is 67.0. The SMILES string of the molecule is CC/C=C\C/C=C\C/C=C\C/C=C\C/C=C\C/C=C\C/C=C\C/C=C\C/C=C\CCCCCCCC(=O)NC(COC1OC(CO)C(OC2OC(CO)C(OC3OC(CO)C(O)C(O)C3O)C(O)C2O)C(O)C1O)C(O)/C=C/CC/C=C/CC/C=C/CCCCCCCCCCCCCCCCCCCCCCC. The number of hydrogen-bond donors (Lipinski definition) is 12. The average molecular weight is 1540 g/mol. The molecule has 3 aliphatic heterocycles. The molecule has 3 saturated heterocycles. The van der Waals surface area contributed by atoms with Crippen LogP contribution in [0.15, 0.2) is 146 Å². The number of nitrogens with one attached hydrogen (secondary N) is 1. The van der Waals surface area contributed by atoms with Gasteiger partial charge in [-0.25, -0.2) is 0 Å². The second-order valence-electron chi connectivity index (χ2n) is 29.5. The minimum Gasteiger partial charge on any atom is -0.394 e. The predicted octanol–water partition coefficient (Wildman–Crippen LogP) is 15.4. The summed E-state index contributed by atoms with van der Waals surface area (Å²) in [5, 5.41) is 121. The maximum atomic E-state index is 13.5. The molecule has 624 valence electrons. The van der Waals surface area contributed by atoms with Crippen LogP contribution in [0.25, 0.3) is 0 Å². The lowest BCUT2D eigenvalue weighted by Crippen LogP contribution is -2.66. The number of allylic oxidation sites excluding steroid dienone is 23. The molecule has 19 nitrogen and oxygen atoms in total. The van der Waals surface area contributed by atoms with Crippen molar-refractivity contribution in [2.75, 3.05) is 26.4 Å². The zero-order valence-corrected chi connectivity index (χ0v) is 67.0. The van der Waals surface area contributed by atoms with Crippen LogP contribution in [0.3, 0.4) is 0 Å². The van der Waals surface area contributed by atoms with E-state index in [0.29, 0.717) is 12.8 Å². The number of ether oxygens (including phenoxy) is 6. The van der Waals surface area contributed by atoms with Crippen molar-refractivity contribution >= 4 is 5.91 Å². The summed E-state index contributed by atoms with van der Waals surface area (Å²) in [7, 11) is 0. The lowest BCUT2D eigenvalue weighted by Gasteiger charge is -2.48. The van der Waals surface area contributed by atoms with Gasteiger partial charge in [-0.2, -0.15) is 0 Å². The van der Waals surface area contributed by atoms with Crippen LogP contribution < -0.4 is 5.32 Å². The van der Waals surface area contributed by atoms with E-state index in [4.69, 9.17) is 28.4 Å². The van der Waals surface area contributed by atoms with E-state index in [9.17, 15) is 61.0 Å². The number of rotatable bonds is 66. The first-order valence-corrected chi connectivity index (χ1v) is 42.6. The van der Waals surface area contributed by atoms with Crippen LogP contribution >= 0.6 is 0 Å². The molecule has 19 heteroatoms. The minimum absolute atomic E-state index is 0.199. The summed E-state index contributed by atoms with van der Waals surface area (Å²) in [5.41, 5.74) is 0.